The lowest BCUT2D eigenvalue weighted by molar-refractivity contribution is -0.137. The molecule has 2 heterocycles. The van der Waals surface area contributed by atoms with Gasteiger partial charge in [0, 0.05) is 12.5 Å². The summed E-state index contributed by atoms with van der Waals surface area (Å²) in [6.07, 6.45) is -2.27. The normalized spacial score (nSPS) is 17.0. The summed E-state index contributed by atoms with van der Waals surface area (Å²) in [5.41, 5.74) is 2.38. The minimum absolute atomic E-state index is 0.409. The number of rotatable bonds is 3. The molecule has 0 bridgehead atoms. The smallest absolute Gasteiger partial charge is 0.342 e. The van der Waals surface area contributed by atoms with Crippen LogP contribution in [-0.2, 0) is 12.7 Å². The number of hydrogen-bond donors (Lipinski definition) is 1. The lowest BCUT2D eigenvalue weighted by Gasteiger charge is -2.31. The number of nitrogens with zero attached hydrogens (tertiary/aromatic N) is 2. The molecule has 3 nitrogen and oxygen atoms in total. The molecule has 0 atom stereocenters. The number of piperidine rings is 1. The second kappa shape index (κ2) is 6.76. The first-order chi connectivity index (χ1) is 12.5. The molecule has 3 aromatic rings. The second-order valence-electron chi connectivity index (χ2n) is 6.88. The number of halogens is 3. The van der Waals surface area contributed by atoms with Crippen LogP contribution in [0.1, 0.15) is 35.7 Å². The number of likely N-dealkylation sites (tertiary alicyclic amines) is 1. The first-order valence-electron chi connectivity index (χ1n) is 8.82. The van der Waals surface area contributed by atoms with Crippen LogP contribution in [0.25, 0.3) is 11.0 Å². The monoisotopic (exact) mass is 359 g/mol. The van der Waals surface area contributed by atoms with Crippen LogP contribution in [0.15, 0.2) is 48.5 Å². The SMILES string of the molecule is FC(F)(F)c1ccc(CN2CCC(c3nc4ccccc4[nH]3)CC2)cc1. The van der Waals surface area contributed by atoms with Gasteiger partial charge in [0.15, 0.2) is 0 Å². The van der Waals surface area contributed by atoms with Gasteiger partial charge in [0.1, 0.15) is 5.82 Å². The van der Waals surface area contributed by atoms with Gasteiger partial charge < -0.3 is 4.98 Å². The van der Waals surface area contributed by atoms with E-state index in [-0.39, 0.29) is 0 Å². The van der Waals surface area contributed by atoms with Gasteiger partial charge in [-0.3, -0.25) is 4.90 Å². The van der Waals surface area contributed by atoms with E-state index >= 15 is 0 Å². The summed E-state index contributed by atoms with van der Waals surface area (Å²) in [7, 11) is 0. The highest BCUT2D eigenvalue weighted by Crippen LogP contribution is 2.30. The third-order valence-electron chi connectivity index (χ3n) is 5.07. The molecular formula is C20H20F3N3. The van der Waals surface area contributed by atoms with Crippen LogP contribution in [0.3, 0.4) is 0 Å². The maximum atomic E-state index is 12.6. The molecule has 0 radical (unpaired) electrons. The fourth-order valence-corrected chi connectivity index (χ4v) is 3.59. The van der Waals surface area contributed by atoms with Crippen molar-refractivity contribution in [1.29, 1.82) is 0 Å². The molecule has 1 aliphatic rings. The number of para-hydroxylation sites is 2. The fraction of sp³-hybridized carbons (Fsp3) is 0.350. The molecule has 0 unspecified atom stereocenters. The van der Waals surface area contributed by atoms with Crippen molar-refractivity contribution in [2.75, 3.05) is 13.1 Å². The number of aromatic nitrogens is 2. The van der Waals surface area contributed by atoms with Crippen molar-refractivity contribution in [2.24, 2.45) is 0 Å². The maximum Gasteiger partial charge on any atom is 0.416 e. The molecular weight excluding hydrogens is 339 g/mol. The Balaban J connectivity index is 1.36. The summed E-state index contributed by atoms with van der Waals surface area (Å²) in [5.74, 6) is 1.45. The summed E-state index contributed by atoms with van der Waals surface area (Å²) in [6.45, 7) is 2.52. The van der Waals surface area contributed by atoms with Gasteiger partial charge in [-0.2, -0.15) is 13.2 Å². The zero-order chi connectivity index (χ0) is 18.1. The minimum atomic E-state index is -4.27. The summed E-state index contributed by atoms with van der Waals surface area (Å²) in [6, 6.07) is 13.5. The molecule has 0 amide bonds. The zero-order valence-corrected chi connectivity index (χ0v) is 14.3. The minimum Gasteiger partial charge on any atom is -0.342 e. The molecule has 2 aromatic carbocycles. The summed E-state index contributed by atoms with van der Waals surface area (Å²) < 4.78 is 37.9. The molecule has 26 heavy (non-hydrogen) atoms. The number of imidazole rings is 1. The number of alkyl halides is 3. The van der Waals surface area contributed by atoms with Crippen LogP contribution in [-0.4, -0.2) is 28.0 Å². The van der Waals surface area contributed by atoms with Crippen LogP contribution < -0.4 is 0 Å². The topological polar surface area (TPSA) is 31.9 Å². The summed E-state index contributed by atoms with van der Waals surface area (Å²) in [5, 5.41) is 0. The quantitative estimate of drug-likeness (QED) is 0.717. The zero-order valence-electron chi connectivity index (χ0n) is 14.3. The van der Waals surface area contributed by atoms with Gasteiger partial charge in [-0.05, 0) is 55.8 Å². The Kier molecular flexibility index (Phi) is 4.44. The van der Waals surface area contributed by atoms with E-state index < -0.39 is 11.7 Å². The van der Waals surface area contributed by atoms with Crippen LogP contribution in [0.4, 0.5) is 13.2 Å². The van der Waals surface area contributed by atoms with Gasteiger partial charge >= 0.3 is 6.18 Å². The van der Waals surface area contributed by atoms with Crippen molar-refractivity contribution in [3.63, 3.8) is 0 Å². The predicted octanol–water partition coefficient (Wildman–Crippen LogP) is 4.96. The van der Waals surface area contributed by atoms with Gasteiger partial charge in [-0.15, -0.1) is 0 Å². The molecule has 0 aliphatic carbocycles. The Labute approximate surface area is 149 Å². The predicted molar refractivity (Wildman–Crippen MR) is 94.8 cm³/mol. The van der Waals surface area contributed by atoms with E-state index in [0.717, 1.165) is 60.5 Å². The van der Waals surface area contributed by atoms with Gasteiger partial charge in [-0.1, -0.05) is 24.3 Å². The standard InChI is InChI=1S/C20H20F3N3/c21-20(22,23)16-7-5-14(6-8-16)13-26-11-9-15(10-12-26)19-24-17-3-1-2-4-18(17)25-19/h1-8,15H,9-13H2,(H,24,25). The van der Waals surface area contributed by atoms with Crippen molar-refractivity contribution < 1.29 is 13.2 Å². The molecule has 4 rings (SSSR count). The van der Waals surface area contributed by atoms with Crippen LogP contribution in [0.2, 0.25) is 0 Å². The lowest BCUT2D eigenvalue weighted by atomic mass is 9.96. The largest absolute Gasteiger partial charge is 0.416 e. The highest BCUT2D eigenvalue weighted by molar-refractivity contribution is 5.74. The molecule has 0 spiro atoms. The van der Waals surface area contributed by atoms with Gasteiger partial charge in [-0.25, -0.2) is 4.98 Å². The van der Waals surface area contributed by atoms with Crippen LogP contribution >= 0.6 is 0 Å². The average molecular weight is 359 g/mol. The number of fused-ring (bicyclic) bond motifs is 1. The van der Waals surface area contributed by atoms with E-state index in [2.05, 4.69) is 9.88 Å². The van der Waals surface area contributed by atoms with E-state index in [0.29, 0.717) is 12.5 Å². The summed E-state index contributed by atoms with van der Waals surface area (Å²) in [4.78, 5) is 10.4. The van der Waals surface area contributed by atoms with E-state index in [4.69, 9.17) is 4.98 Å². The number of hydrogen-bond acceptors (Lipinski definition) is 2. The Morgan fingerprint density at radius 1 is 1.00 bits per heavy atom. The van der Waals surface area contributed by atoms with Crippen LogP contribution in [0, 0.1) is 0 Å². The second-order valence-corrected chi connectivity index (χ2v) is 6.88. The van der Waals surface area contributed by atoms with E-state index in [1.165, 1.54) is 0 Å². The molecule has 0 saturated carbocycles. The van der Waals surface area contributed by atoms with E-state index in [9.17, 15) is 13.2 Å². The van der Waals surface area contributed by atoms with Crippen LogP contribution in [0.5, 0.6) is 0 Å². The average Bonchev–Trinajstić information content (AvgIpc) is 3.06. The molecule has 1 aromatic heterocycles. The lowest BCUT2D eigenvalue weighted by Crippen LogP contribution is -2.32. The molecule has 1 fully saturated rings. The van der Waals surface area contributed by atoms with Gasteiger partial charge in [0.05, 0.1) is 16.6 Å². The van der Waals surface area contributed by atoms with E-state index in [1.807, 2.05) is 24.3 Å². The van der Waals surface area contributed by atoms with Crippen molar-refractivity contribution in [2.45, 2.75) is 31.5 Å². The first-order valence-corrected chi connectivity index (χ1v) is 8.82. The molecule has 136 valence electrons. The third-order valence-corrected chi connectivity index (χ3v) is 5.07. The molecule has 1 saturated heterocycles. The van der Waals surface area contributed by atoms with Crippen molar-refractivity contribution in [3.05, 3.63) is 65.5 Å². The van der Waals surface area contributed by atoms with Crippen molar-refractivity contribution in [3.8, 4) is 0 Å². The molecule has 1 N–H and O–H groups in total. The number of nitrogens with one attached hydrogen (secondary N) is 1. The Morgan fingerprint density at radius 2 is 1.69 bits per heavy atom. The van der Waals surface area contributed by atoms with E-state index in [1.54, 1.807) is 12.1 Å². The fourth-order valence-electron chi connectivity index (χ4n) is 3.59. The molecule has 1 aliphatic heterocycles. The van der Waals surface area contributed by atoms with Crippen molar-refractivity contribution in [1.82, 2.24) is 14.9 Å². The number of H-pyrrole nitrogens is 1. The maximum absolute atomic E-state index is 12.6. The summed E-state index contributed by atoms with van der Waals surface area (Å²) >= 11 is 0. The Bertz CT molecular complexity index is 842. The first kappa shape index (κ1) is 17.1. The highest BCUT2D eigenvalue weighted by atomic mass is 19.4. The Hall–Kier alpha value is -2.34. The molecule has 6 heteroatoms. The van der Waals surface area contributed by atoms with Gasteiger partial charge in [0.25, 0.3) is 0 Å². The van der Waals surface area contributed by atoms with Crippen molar-refractivity contribution >= 4 is 11.0 Å². The number of aromatic amines is 1. The number of benzene rings is 2. The Morgan fingerprint density at radius 3 is 2.35 bits per heavy atom. The third kappa shape index (κ3) is 3.60. The van der Waals surface area contributed by atoms with Gasteiger partial charge in [0.2, 0.25) is 0 Å². The highest BCUT2D eigenvalue weighted by Gasteiger charge is 2.30.